The minimum atomic E-state index is -4.60. The minimum Gasteiger partial charge on any atom is -0.345 e. The maximum atomic E-state index is 12.3. The molecular weight excluding hydrogens is 331 g/mol. The van der Waals surface area contributed by atoms with E-state index in [1.165, 1.54) is 0 Å². The summed E-state index contributed by atoms with van der Waals surface area (Å²) in [6, 6.07) is -1.36. The van der Waals surface area contributed by atoms with Gasteiger partial charge in [-0.2, -0.15) is 13.2 Å². The molecule has 24 heavy (non-hydrogen) atoms. The van der Waals surface area contributed by atoms with E-state index in [-0.39, 0.29) is 5.92 Å². The first-order valence-corrected chi connectivity index (χ1v) is 7.64. The van der Waals surface area contributed by atoms with Gasteiger partial charge in [0.15, 0.2) is 0 Å². The molecule has 2 aliphatic rings. The third-order valence-corrected chi connectivity index (χ3v) is 4.27. The number of carbonyl (C=O) groups is 4. The van der Waals surface area contributed by atoms with Gasteiger partial charge in [-0.25, -0.2) is 9.69 Å². The van der Waals surface area contributed by atoms with E-state index in [9.17, 15) is 32.3 Å². The number of carbonyl (C=O) groups excluding carboxylic acids is 4. The summed E-state index contributed by atoms with van der Waals surface area (Å²) in [5.74, 6) is -3.33. The van der Waals surface area contributed by atoms with Crippen LogP contribution in [0, 0.1) is 5.92 Å². The van der Waals surface area contributed by atoms with E-state index >= 15 is 0 Å². The lowest BCUT2D eigenvalue weighted by atomic mass is 9.85. The van der Waals surface area contributed by atoms with E-state index in [1.54, 1.807) is 5.32 Å². The summed E-state index contributed by atoms with van der Waals surface area (Å²) in [5.41, 5.74) is 0. The molecule has 1 saturated carbocycles. The van der Waals surface area contributed by atoms with Crippen molar-refractivity contribution in [3.8, 4) is 0 Å². The Hall–Kier alpha value is -2.13. The van der Waals surface area contributed by atoms with Crippen LogP contribution < -0.4 is 5.32 Å². The predicted octanol–water partition coefficient (Wildman–Crippen LogP) is 1.03. The van der Waals surface area contributed by atoms with Crippen LogP contribution in [-0.4, -0.2) is 58.9 Å². The van der Waals surface area contributed by atoms with Crippen molar-refractivity contribution < 1.29 is 32.3 Å². The highest BCUT2D eigenvalue weighted by atomic mass is 19.4. The Bertz CT molecular complexity index is 564. The van der Waals surface area contributed by atoms with Crippen LogP contribution in [0.1, 0.15) is 32.6 Å². The highest BCUT2D eigenvalue weighted by molar-refractivity contribution is 6.45. The summed E-state index contributed by atoms with van der Waals surface area (Å²) in [5, 5.41) is 1.57. The third kappa shape index (κ3) is 3.85. The molecule has 2 atom stereocenters. The Morgan fingerprint density at radius 2 is 1.79 bits per heavy atom. The van der Waals surface area contributed by atoms with Crippen LogP contribution in [0.4, 0.5) is 18.0 Å². The van der Waals surface area contributed by atoms with Crippen molar-refractivity contribution in [2.45, 2.75) is 44.8 Å². The first-order valence-electron chi connectivity index (χ1n) is 7.64. The Balaban J connectivity index is 2.04. The summed E-state index contributed by atoms with van der Waals surface area (Å²) in [6.45, 7) is -0.607. The van der Waals surface area contributed by atoms with Crippen molar-refractivity contribution >= 4 is 23.8 Å². The maximum Gasteiger partial charge on any atom is 0.405 e. The van der Waals surface area contributed by atoms with Crippen molar-refractivity contribution in [2.24, 2.45) is 5.92 Å². The molecule has 0 radical (unpaired) electrons. The number of rotatable bonds is 4. The van der Waals surface area contributed by atoms with E-state index in [0.717, 1.165) is 24.2 Å². The van der Waals surface area contributed by atoms with Crippen molar-refractivity contribution in [2.75, 3.05) is 13.1 Å². The smallest absolute Gasteiger partial charge is 0.345 e. The van der Waals surface area contributed by atoms with Gasteiger partial charge in [0.05, 0.1) is 0 Å². The minimum absolute atomic E-state index is 0.0263. The van der Waals surface area contributed by atoms with Gasteiger partial charge in [-0.05, 0) is 18.8 Å². The molecule has 2 fully saturated rings. The molecule has 0 aromatic heterocycles. The van der Waals surface area contributed by atoms with Crippen LogP contribution in [0.15, 0.2) is 0 Å². The monoisotopic (exact) mass is 349 g/mol. The van der Waals surface area contributed by atoms with Crippen molar-refractivity contribution in [3.63, 3.8) is 0 Å². The topological polar surface area (TPSA) is 86.8 Å². The molecule has 1 saturated heterocycles. The summed E-state index contributed by atoms with van der Waals surface area (Å²) < 4.78 is 36.2. The Morgan fingerprint density at radius 3 is 2.38 bits per heavy atom. The van der Waals surface area contributed by atoms with Gasteiger partial charge in [-0.15, -0.1) is 0 Å². The normalized spacial score (nSPS) is 25.4. The van der Waals surface area contributed by atoms with Crippen LogP contribution in [-0.2, 0) is 14.4 Å². The highest BCUT2D eigenvalue weighted by Gasteiger charge is 2.49. The highest BCUT2D eigenvalue weighted by Crippen LogP contribution is 2.31. The van der Waals surface area contributed by atoms with Gasteiger partial charge in [0.2, 0.25) is 5.91 Å². The molecule has 0 spiro atoms. The van der Waals surface area contributed by atoms with Crippen LogP contribution in [0.2, 0.25) is 0 Å². The summed E-state index contributed by atoms with van der Waals surface area (Å²) >= 11 is 0. The zero-order chi connectivity index (χ0) is 18.1. The largest absolute Gasteiger partial charge is 0.405 e. The van der Waals surface area contributed by atoms with E-state index in [2.05, 4.69) is 0 Å². The molecule has 10 heteroatoms. The number of alkyl halides is 3. The zero-order valence-corrected chi connectivity index (χ0v) is 13.1. The van der Waals surface area contributed by atoms with Gasteiger partial charge in [0.1, 0.15) is 13.1 Å². The molecule has 1 aliphatic carbocycles. The van der Waals surface area contributed by atoms with E-state index < -0.39 is 49.1 Å². The standard InChI is InChI=1S/C14H18F3N3O4/c1-8-4-2-3-5-9(8)20-12(23)11(22)19(13(20)24)6-10(21)18-7-14(15,16)17/h8-9H,2-7H2,1H3,(H,18,21)/t8-,9-/m0/s1. The van der Waals surface area contributed by atoms with Gasteiger partial charge >= 0.3 is 24.0 Å². The average molecular weight is 349 g/mol. The lowest BCUT2D eigenvalue weighted by molar-refractivity contribution is -0.146. The van der Waals surface area contributed by atoms with Crippen LogP contribution in [0.3, 0.4) is 0 Å². The average Bonchev–Trinajstić information content (AvgIpc) is 2.69. The molecule has 2 rings (SSSR count). The number of nitrogens with zero attached hydrogens (tertiary/aromatic N) is 2. The molecule has 134 valence electrons. The quantitative estimate of drug-likeness (QED) is 0.607. The molecule has 0 unspecified atom stereocenters. The van der Waals surface area contributed by atoms with Gasteiger partial charge in [-0.3, -0.25) is 19.3 Å². The SMILES string of the molecule is C[C@H]1CCCC[C@@H]1N1C(=O)C(=O)N(CC(=O)NCC(F)(F)F)C1=O. The molecule has 1 heterocycles. The van der Waals surface area contributed by atoms with Crippen molar-refractivity contribution in [3.05, 3.63) is 0 Å². The Morgan fingerprint density at radius 1 is 1.17 bits per heavy atom. The number of hydrogen-bond donors (Lipinski definition) is 1. The molecule has 5 amide bonds. The number of urea groups is 1. The first kappa shape index (κ1) is 18.2. The second-order valence-corrected chi connectivity index (χ2v) is 6.07. The number of halogens is 3. The zero-order valence-electron chi connectivity index (χ0n) is 13.1. The number of nitrogens with one attached hydrogen (secondary N) is 1. The predicted molar refractivity (Wildman–Crippen MR) is 74.4 cm³/mol. The van der Waals surface area contributed by atoms with E-state index in [0.29, 0.717) is 11.3 Å². The van der Waals surface area contributed by atoms with Gasteiger partial charge in [-0.1, -0.05) is 19.8 Å². The maximum absolute atomic E-state index is 12.3. The fourth-order valence-electron chi connectivity index (χ4n) is 3.03. The number of imide groups is 2. The lowest BCUT2D eigenvalue weighted by Crippen LogP contribution is -2.47. The van der Waals surface area contributed by atoms with E-state index in [4.69, 9.17) is 0 Å². The number of hydrogen-bond acceptors (Lipinski definition) is 4. The van der Waals surface area contributed by atoms with Gasteiger partial charge in [0.25, 0.3) is 0 Å². The van der Waals surface area contributed by atoms with Crippen molar-refractivity contribution in [1.29, 1.82) is 0 Å². The summed E-state index contributed by atoms with van der Waals surface area (Å²) in [6.07, 6.45) is -1.45. The lowest BCUT2D eigenvalue weighted by Gasteiger charge is -2.34. The Kier molecular flexibility index (Phi) is 5.14. The second kappa shape index (κ2) is 6.78. The second-order valence-electron chi connectivity index (χ2n) is 6.07. The molecule has 1 aliphatic heterocycles. The van der Waals surface area contributed by atoms with Gasteiger partial charge in [0, 0.05) is 6.04 Å². The Labute approximate surface area is 136 Å². The van der Waals surface area contributed by atoms with Crippen LogP contribution >= 0.6 is 0 Å². The summed E-state index contributed by atoms with van der Waals surface area (Å²) in [4.78, 5) is 49.1. The van der Waals surface area contributed by atoms with Crippen LogP contribution in [0.5, 0.6) is 0 Å². The first-order chi connectivity index (χ1) is 11.1. The molecule has 0 aromatic carbocycles. The molecule has 1 N–H and O–H groups in total. The molecule has 0 bridgehead atoms. The van der Waals surface area contributed by atoms with Gasteiger partial charge < -0.3 is 5.32 Å². The number of amides is 5. The fourth-order valence-corrected chi connectivity index (χ4v) is 3.03. The summed E-state index contributed by atoms with van der Waals surface area (Å²) in [7, 11) is 0. The molecule has 0 aromatic rings. The third-order valence-electron chi connectivity index (χ3n) is 4.27. The van der Waals surface area contributed by atoms with E-state index in [1.807, 2.05) is 6.92 Å². The molecular formula is C14H18F3N3O4. The van der Waals surface area contributed by atoms with Crippen LogP contribution in [0.25, 0.3) is 0 Å². The molecule has 7 nitrogen and oxygen atoms in total. The van der Waals surface area contributed by atoms with Crippen molar-refractivity contribution in [1.82, 2.24) is 15.1 Å². The fraction of sp³-hybridized carbons (Fsp3) is 0.714.